The van der Waals surface area contributed by atoms with E-state index >= 15 is 0 Å². The van der Waals surface area contributed by atoms with Gasteiger partial charge in [-0.05, 0) is 56.8 Å². The van der Waals surface area contributed by atoms with E-state index in [2.05, 4.69) is 11.9 Å². The van der Waals surface area contributed by atoms with Crippen LogP contribution in [0.4, 0.5) is 0 Å². The van der Waals surface area contributed by atoms with Gasteiger partial charge in [-0.1, -0.05) is 31.5 Å². The Morgan fingerprint density at radius 2 is 2.25 bits per heavy atom. The van der Waals surface area contributed by atoms with Gasteiger partial charge in [0.15, 0.2) is 4.93 Å². The van der Waals surface area contributed by atoms with E-state index < -0.39 is 4.93 Å². The Balaban J connectivity index is 1.54. The van der Waals surface area contributed by atoms with Gasteiger partial charge in [0.05, 0.1) is 5.04 Å². The number of carbonyl (C=O) groups is 1. The van der Waals surface area contributed by atoms with Crippen molar-refractivity contribution in [3.05, 3.63) is 0 Å². The number of rotatable bonds is 6. The molecule has 1 heterocycles. The third-order valence-corrected chi connectivity index (χ3v) is 6.30. The van der Waals surface area contributed by atoms with E-state index in [0.717, 1.165) is 42.1 Å². The van der Waals surface area contributed by atoms with Crippen LogP contribution in [-0.4, -0.2) is 22.5 Å². The summed E-state index contributed by atoms with van der Waals surface area (Å²) in [6.07, 6.45) is 8.69. The van der Waals surface area contributed by atoms with Crippen LogP contribution in [0.25, 0.3) is 0 Å². The summed E-state index contributed by atoms with van der Waals surface area (Å²) < 4.78 is 5.80. The summed E-state index contributed by atoms with van der Waals surface area (Å²) >= 11 is 1.56. The van der Waals surface area contributed by atoms with Crippen LogP contribution in [-0.2, 0) is 9.53 Å². The van der Waals surface area contributed by atoms with Crippen molar-refractivity contribution in [1.29, 1.82) is 0 Å². The second kappa shape index (κ2) is 5.80. The Bertz CT molecular complexity index is 423. The van der Waals surface area contributed by atoms with Crippen molar-refractivity contribution < 1.29 is 9.53 Å². The van der Waals surface area contributed by atoms with E-state index in [0.29, 0.717) is 6.61 Å². The van der Waals surface area contributed by atoms with E-state index in [-0.39, 0.29) is 5.91 Å². The van der Waals surface area contributed by atoms with E-state index in [1.807, 2.05) is 6.92 Å². The monoisotopic (exact) mass is 295 g/mol. The van der Waals surface area contributed by atoms with Crippen molar-refractivity contribution in [2.45, 2.75) is 63.7 Å². The molecule has 0 saturated heterocycles. The molecule has 0 radical (unpaired) electrons. The number of nitrogens with zero attached hydrogens (tertiary/aromatic N) is 1. The van der Waals surface area contributed by atoms with Crippen LogP contribution in [0, 0.1) is 17.8 Å². The quantitative estimate of drug-likeness (QED) is 0.695. The van der Waals surface area contributed by atoms with Gasteiger partial charge in [0.25, 0.3) is 5.91 Å². The Morgan fingerprint density at radius 3 is 2.90 bits per heavy atom. The topological polar surface area (TPSA) is 38.7 Å². The van der Waals surface area contributed by atoms with Crippen molar-refractivity contribution in [1.82, 2.24) is 0 Å². The van der Waals surface area contributed by atoms with E-state index in [9.17, 15) is 4.79 Å². The number of carbonyl (C=O) groups excluding carboxylic acids is 1. The van der Waals surface area contributed by atoms with Crippen LogP contribution in [0.3, 0.4) is 0 Å². The highest BCUT2D eigenvalue weighted by Gasteiger charge is 2.45. The first-order chi connectivity index (χ1) is 9.60. The summed E-state index contributed by atoms with van der Waals surface area (Å²) in [6, 6.07) is 0. The fourth-order valence-corrected chi connectivity index (χ4v) is 5.10. The number of fused-ring (bicyclic) bond motifs is 2. The summed E-state index contributed by atoms with van der Waals surface area (Å²) in [7, 11) is 0. The molecule has 0 aromatic heterocycles. The molecule has 3 rings (SSSR count). The van der Waals surface area contributed by atoms with Gasteiger partial charge in [-0.3, -0.25) is 4.79 Å². The summed E-state index contributed by atoms with van der Waals surface area (Å²) in [5.74, 6) is 2.54. The lowest BCUT2D eigenvalue weighted by Crippen LogP contribution is -2.31. The van der Waals surface area contributed by atoms with Gasteiger partial charge in [-0.25, -0.2) is 4.99 Å². The maximum Gasteiger partial charge on any atom is 0.289 e. The Labute approximate surface area is 125 Å². The molecule has 3 nitrogen and oxygen atoms in total. The van der Waals surface area contributed by atoms with Gasteiger partial charge in [-0.2, -0.15) is 0 Å². The average molecular weight is 295 g/mol. The highest BCUT2D eigenvalue weighted by atomic mass is 32.2. The van der Waals surface area contributed by atoms with Gasteiger partial charge >= 0.3 is 0 Å². The number of ether oxygens (including phenoxy) is 1. The van der Waals surface area contributed by atoms with Crippen molar-refractivity contribution in [2.75, 3.05) is 6.61 Å². The molecule has 4 heteroatoms. The molecule has 0 aromatic carbocycles. The highest BCUT2D eigenvalue weighted by Crippen LogP contribution is 2.51. The standard InChI is InChI=1S/C16H25NO2S/c1-3-4-7-19-16(2)15(18)17-14(20-16)10-13-9-11-5-6-12(13)8-11/h11-13H,3-10H2,1-2H3. The Kier molecular flexibility index (Phi) is 4.23. The van der Waals surface area contributed by atoms with Gasteiger partial charge in [0, 0.05) is 6.61 Å². The molecule has 2 bridgehead atoms. The summed E-state index contributed by atoms with van der Waals surface area (Å²) in [5, 5.41) is 1.02. The molecule has 20 heavy (non-hydrogen) atoms. The number of aliphatic imine (C=N–C) groups is 1. The maximum atomic E-state index is 12.1. The molecule has 0 aromatic rings. The van der Waals surface area contributed by atoms with Gasteiger partial charge in [0.1, 0.15) is 0 Å². The zero-order chi connectivity index (χ0) is 14.2. The van der Waals surface area contributed by atoms with E-state index in [4.69, 9.17) is 4.74 Å². The van der Waals surface area contributed by atoms with Crippen LogP contribution < -0.4 is 0 Å². The fraction of sp³-hybridized carbons (Fsp3) is 0.875. The molecule has 3 aliphatic rings. The van der Waals surface area contributed by atoms with Gasteiger partial charge in [0.2, 0.25) is 0 Å². The number of hydrogen-bond donors (Lipinski definition) is 0. The first-order valence-electron chi connectivity index (χ1n) is 8.05. The molecule has 0 N–H and O–H groups in total. The lowest BCUT2D eigenvalue weighted by molar-refractivity contribution is -0.130. The average Bonchev–Trinajstić information content (AvgIpc) is 3.06. The summed E-state index contributed by atoms with van der Waals surface area (Å²) in [6.45, 7) is 4.67. The molecule has 0 spiro atoms. The maximum absolute atomic E-state index is 12.1. The molecule has 4 atom stereocenters. The van der Waals surface area contributed by atoms with Crippen molar-refractivity contribution in [3.8, 4) is 0 Å². The minimum Gasteiger partial charge on any atom is -0.355 e. The molecule has 1 aliphatic heterocycles. The summed E-state index contributed by atoms with van der Waals surface area (Å²) in [5.41, 5.74) is 0. The predicted molar refractivity (Wildman–Crippen MR) is 82.9 cm³/mol. The van der Waals surface area contributed by atoms with Gasteiger partial charge in [-0.15, -0.1) is 0 Å². The second-order valence-electron chi connectivity index (χ2n) is 6.70. The van der Waals surface area contributed by atoms with Gasteiger partial charge < -0.3 is 4.74 Å². The Hall–Kier alpha value is -0.350. The minimum absolute atomic E-state index is 0.0863. The molecule has 2 aliphatic carbocycles. The molecular weight excluding hydrogens is 270 g/mol. The number of thioether (sulfide) groups is 1. The van der Waals surface area contributed by atoms with Crippen molar-refractivity contribution in [2.24, 2.45) is 22.7 Å². The highest BCUT2D eigenvalue weighted by molar-refractivity contribution is 8.16. The van der Waals surface area contributed by atoms with Crippen molar-refractivity contribution >= 4 is 22.7 Å². The molecule has 1 amide bonds. The molecule has 112 valence electrons. The third-order valence-electron chi connectivity index (χ3n) is 5.12. The first-order valence-corrected chi connectivity index (χ1v) is 8.87. The van der Waals surface area contributed by atoms with E-state index in [1.54, 1.807) is 11.8 Å². The van der Waals surface area contributed by atoms with Crippen molar-refractivity contribution in [3.63, 3.8) is 0 Å². The van der Waals surface area contributed by atoms with E-state index in [1.165, 1.54) is 25.7 Å². The predicted octanol–water partition coefficient (Wildman–Crippen LogP) is 4.02. The number of unbranched alkanes of at least 4 members (excludes halogenated alkanes) is 1. The third kappa shape index (κ3) is 2.82. The Morgan fingerprint density at radius 1 is 1.40 bits per heavy atom. The van der Waals surface area contributed by atoms with Crippen LogP contribution in [0.1, 0.15) is 58.8 Å². The lowest BCUT2D eigenvalue weighted by atomic mass is 9.87. The molecule has 2 saturated carbocycles. The SMILES string of the molecule is CCCCOC1(C)SC(CC2CC3CCC2C3)=NC1=O. The molecule has 2 fully saturated rings. The first kappa shape index (κ1) is 14.6. The second-order valence-corrected chi connectivity index (χ2v) is 8.15. The smallest absolute Gasteiger partial charge is 0.289 e. The summed E-state index contributed by atoms with van der Waals surface area (Å²) in [4.78, 5) is 15.6. The van der Waals surface area contributed by atoms with Crippen LogP contribution >= 0.6 is 11.8 Å². The normalized spacial score (nSPS) is 39.6. The lowest BCUT2D eigenvalue weighted by Gasteiger charge is -2.23. The molecule has 4 unspecified atom stereocenters. The molecular formula is C16H25NO2S. The van der Waals surface area contributed by atoms with Crippen LogP contribution in [0.5, 0.6) is 0 Å². The largest absolute Gasteiger partial charge is 0.355 e. The number of hydrogen-bond acceptors (Lipinski definition) is 3. The number of amides is 1. The van der Waals surface area contributed by atoms with Crippen LogP contribution in [0.2, 0.25) is 0 Å². The minimum atomic E-state index is -0.748. The zero-order valence-electron chi connectivity index (χ0n) is 12.6. The fourth-order valence-electron chi connectivity index (χ4n) is 3.95. The van der Waals surface area contributed by atoms with Crippen LogP contribution in [0.15, 0.2) is 4.99 Å². The zero-order valence-corrected chi connectivity index (χ0v) is 13.4.